The zero-order valence-corrected chi connectivity index (χ0v) is 15.2. The average Bonchev–Trinajstić information content (AvgIpc) is 2.53. The molecule has 0 aliphatic carbocycles. The van der Waals surface area contributed by atoms with Gasteiger partial charge in [0.05, 0.1) is 0 Å². The summed E-state index contributed by atoms with van der Waals surface area (Å²) in [6.07, 6.45) is -5.82. The summed E-state index contributed by atoms with van der Waals surface area (Å²) in [4.78, 5) is 44.6. The second-order valence-electron chi connectivity index (χ2n) is 6.14. The maximum atomic E-state index is 14.0. The molecule has 0 aliphatic heterocycles. The van der Waals surface area contributed by atoms with Crippen molar-refractivity contribution in [1.29, 1.82) is 0 Å². The first kappa shape index (κ1) is 21.0. The van der Waals surface area contributed by atoms with Gasteiger partial charge < -0.3 is 9.79 Å². The molecule has 2 rings (SSSR count). The van der Waals surface area contributed by atoms with Gasteiger partial charge in [-0.15, -0.1) is 0 Å². The van der Waals surface area contributed by atoms with Crippen LogP contribution in [0.2, 0.25) is 0 Å². The van der Waals surface area contributed by atoms with Crippen LogP contribution in [0.4, 0.5) is 13.2 Å². The fourth-order valence-corrected chi connectivity index (χ4v) is 3.74. The molecule has 0 aliphatic rings. The number of hydrogen-bond donors (Lipinski definition) is 2. The Bertz CT molecular complexity index is 854. The first-order valence-corrected chi connectivity index (χ1v) is 9.29. The minimum absolute atomic E-state index is 0.616. The smallest absolute Gasteiger partial charge is 0.323 e. The van der Waals surface area contributed by atoms with E-state index >= 15 is 0 Å². The molecule has 0 saturated heterocycles. The molecule has 0 unspecified atom stereocenters. The number of benzene rings is 2. The van der Waals surface area contributed by atoms with Gasteiger partial charge in [-0.3, -0.25) is 14.2 Å². The number of hydrogen-bond acceptors (Lipinski definition) is 3. The zero-order chi connectivity index (χ0) is 20.6. The molecule has 0 radical (unpaired) electrons. The first-order chi connectivity index (χ1) is 12.3. The lowest BCUT2D eigenvalue weighted by atomic mass is 9.87. The summed E-state index contributed by atoms with van der Waals surface area (Å²) in [6, 6.07) is 9.22. The van der Waals surface area contributed by atoms with Gasteiger partial charge in [0.15, 0.2) is 11.6 Å². The number of ketones is 2. The molecule has 0 heterocycles. The van der Waals surface area contributed by atoms with Crippen molar-refractivity contribution in [3.05, 3.63) is 70.8 Å². The molecule has 2 aromatic rings. The van der Waals surface area contributed by atoms with Crippen LogP contribution >= 0.6 is 7.60 Å². The summed E-state index contributed by atoms with van der Waals surface area (Å²) < 4.78 is 53.9. The van der Waals surface area contributed by atoms with Gasteiger partial charge in [-0.25, -0.2) is 0 Å². The molecule has 0 aromatic heterocycles. The molecule has 0 fully saturated rings. The van der Waals surface area contributed by atoms with Crippen LogP contribution in [-0.4, -0.2) is 32.7 Å². The van der Waals surface area contributed by atoms with E-state index in [1.165, 1.54) is 24.3 Å². The maximum Gasteiger partial charge on any atom is 0.420 e. The second-order valence-corrected chi connectivity index (χ2v) is 7.90. The Hall–Kier alpha value is -2.28. The van der Waals surface area contributed by atoms with E-state index in [2.05, 4.69) is 0 Å². The summed E-state index contributed by atoms with van der Waals surface area (Å²) in [5.41, 5.74) is -0.0150. The lowest BCUT2D eigenvalue weighted by Gasteiger charge is -2.33. The van der Waals surface area contributed by atoms with Crippen molar-refractivity contribution in [3.63, 3.8) is 0 Å². The van der Waals surface area contributed by atoms with E-state index in [0.29, 0.717) is 11.1 Å². The van der Waals surface area contributed by atoms with Crippen LogP contribution in [0.3, 0.4) is 0 Å². The normalized spacial score (nSPS) is 12.7. The number of carbonyl (C=O) groups is 2. The van der Waals surface area contributed by atoms with Crippen molar-refractivity contribution in [2.75, 3.05) is 0 Å². The van der Waals surface area contributed by atoms with E-state index < -0.39 is 41.6 Å². The van der Waals surface area contributed by atoms with Crippen LogP contribution in [0.5, 0.6) is 0 Å². The number of Topliss-reactive ketones (excluding diaryl/α,β-unsaturated/α-hetero) is 2. The number of alkyl halides is 3. The SMILES string of the molecule is Cc1ccc(C(=O)C(C(=O)c2ccc(C)cc2)(C(F)(F)F)P(=O)(O)O)cc1. The largest absolute Gasteiger partial charge is 0.420 e. The van der Waals surface area contributed by atoms with Crippen molar-refractivity contribution < 1.29 is 37.1 Å². The van der Waals surface area contributed by atoms with Crippen LogP contribution in [0, 0.1) is 13.8 Å². The third kappa shape index (κ3) is 3.60. The van der Waals surface area contributed by atoms with Crippen LogP contribution in [0.15, 0.2) is 48.5 Å². The number of halogens is 3. The second kappa shape index (κ2) is 7.03. The third-order valence-corrected chi connectivity index (χ3v) is 5.67. The highest BCUT2D eigenvalue weighted by atomic mass is 31.2. The van der Waals surface area contributed by atoms with Crippen LogP contribution in [0.1, 0.15) is 31.8 Å². The molecule has 0 spiro atoms. The standard InChI is InChI=1S/C18H16F3O5P/c1-11-3-7-13(8-4-11)15(22)17(18(19,20)21,27(24,25)26)16(23)14-9-5-12(2)6-10-14/h3-10H,1-2H3,(H2,24,25,26). The first-order valence-electron chi connectivity index (χ1n) is 7.67. The molecule has 0 amide bonds. The van der Waals surface area contributed by atoms with Crippen LogP contribution in [-0.2, 0) is 4.57 Å². The highest BCUT2D eigenvalue weighted by molar-refractivity contribution is 7.56. The predicted molar refractivity (Wildman–Crippen MR) is 91.8 cm³/mol. The fourth-order valence-electron chi connectivity index (χ4n) is 2.62. The van der Waals surface area contributed by atoms with E-state index in [0.717, 1.165) is 24.3 Å². The molecule has 0 atom stereocenters. The Morgan fingerprint density at radius 1 is 0.778 bits per heavy atom. The molecule has 144 valence electrons. The van der Waals surface area contributed by atoms with Crippen molar-refractivity contribution in [1.82, 2.24) is 0 Å². The van der Waals surface area contributed by atoms with E-state index in [-0.39, 0.29) is 0 Å². The van der Waals surface area contributed by atoms with Crippen LogP contribution < -0.4 is 0 Å². The Balaban J connectivity index is 2.80. The highest BCUT2D eigenvalue weighted by Crippen LogP contribution is 2.61. The van der Waals surface area contributed by atoms with Gasteiger partial charge in [-0.1, -0.05) is 59.7 Å². The van der Waals surface area contributed by atoms with Gasteiger partial charge in [-0.2, -0.15) is 13.2 Å². The minimum atomic E-state index is -6.32. The molecular formula is C18H16F3O5P. The third-order valence-electron chi connectivity index (χ3n) is 4.13. The topological polar surface area (TPSA) is 91.7 Å². The fraction of sp³-hybridized carbons (Fsp3) is 0.222. The van der Waals surface area contributed by atoms with Gasteiger partial charge in [0, 0.05) is 11.1 Å². The number of carbonyl (C=O) groups excluding carboxylic acids is 2. The highest BCUT2D eigenvalue weighted by Gasteiger charge is 2.75. The molecular weight excluding hydrogens is 384 g/mol. The summed E-state index contributed by atoms with van der Waals surface area (Å²) in [6.45, 7) is 3.23. The Kier molecular flexibility index (Phi) is 5.48. The molecule has 2 aromatic carbocycles. The molecule has 9 heteroatoms. The van der Waals surface area contributed by atoms with Crippen molar-refractivity contribution in [2.24, 2.45) is 0 Å². The molecule has 2 N–H and O–H groups in total. The Morgan fingerprint density at radius 3 is 1.30 bits per heavy atom. The molecule has 5 nitrogen and oxygen atoms in total. The molecule has 0 bridgehead atoms. The summed E-state index contributed by atoms with van der Waals surface area (Å²) in [5, 5.41) is -4.52. The quantitative estimate of drug-likeness (QED) is 0.452. The Labute approximate surface area is 153 Å². The lowest BCUT2D eigenvalue weighted by molar-refractivity contribution is -0.143. The van der Waals surface area contributed by atoms with Crippen molar-refractivity contribution >= 4 is 19.2 Å². The van der Waals surface area contributed by atoms with Crippen molar-refractivity contribution in [2.45, 2.75) is 25.2 Å². The van der Waals surface area contributed by atoms with E-state index in [4.69, 9.17) is 0 Å². The van der Waals surface area contributed by atoms with Gasteiger partial charge in [-0.05, 0) is 13.8 Å². The minimum Gasteiger partial charge on any atom is -0.323 e. The van der Waals surface area contributed by atoms with Crippen molar-refractivity contribution in [3.8, 4) is 0 Å². The summed E-state index contributed by atoms with van der Waals surface area (Å²) in [5.74, 6) is -3.98. The van der Waals surface area contributed by atoms with Gasteiger partial charge >= 0.3 is 13.8 Å². The number of rotatable bonds is 5. The van der Waals surface area contributed by atoms with Gasteiger partial charge in [0.2, 0.25) is 0 Å². The zero-order valence-electron chi connectivity index (χ0n) is 14.3. The maximum absolute atomic E-state index is 14.0. The number of aryl methyl sites for hydroxylation is 2. The van der Waals surface area contributed by atoms with Crippen LogP contribution in [0.25, 0.3) is 0 Å². The monoisotopic (exact) mass is 400 g/mol. The van der Waals surface area contributed by atoms with Gasteiger partial charge in [0.25, 0.3) is 5.16 Å². The predicted octanol–water partition coefficient (Wildman–Crippen LogP) is 3.85. The van der Waals surface area contributed by atoms with E-state index in [1.807, 2.05) is 0 Å². The molecule has 27 heavy (non-hydrogen) atoms. The average molecular weight is 400 g/mol. The van der Waals surface area contributed by atoms with Gasteiger partial charge in [0.1, 0.15) is 0 Å². The lowest BCUT2D eigenvalue weighted by Crippen LogP contribution is -2.57. The Morgan fingerprint density at radius 2 is 1.07 bits per heavy atom. The van der Waals surface area contributed by atoms with E-state index in [9.17, 15) is 37.1 Å². The molecule has 0 saturated carbocycles. The summed E-state index contributed by atoms with van der Waals surface area (Å²) in [7, 11) is -6.32. The summed E-state index contributed by atoms with van der Waals surface area (Å²) >= 11 is 0. The van der Waals surface area contributed by atoms with E-state index in [1.54, 1.807) is 13.8 Å².